The van der Waals surface area contributed by atoms with Crippen LogP contribution in [0.2, 0.25) is 0 Å². The Balaban J connectivity index is 1.90. The lowest BCUT2D eigenvalue weighted by molar-refractivity contribution is -0.111. The number of para-hydroxylation sites is 1. The fourth-order valence-electron chi connectivity index (χ4n) is 3.40. The average Bonchev–Trinajstić information content (AvgIpc) is 3.20. The van der Waals surface area contributed by atoms with Crippen LogP contribution in [0, 0.1) is 11.3 Å². The molecule has 0 fully saturated rings. The maximum absolute atomic E-state index is 13.4. The molecule has 4 aromatic rings. The van der Waals surface area contributed by atoms with E-state index in [0.29, 0.717) is 27.4 Å². The highest BCUT2D eigenvalue weighted by Crippen LogP contribution is 2.17. The van der Waals surface area contributed by atoms with E-state index in [4.69, 9.17) is 9.47 Å². The second-order valence-electron chi connectivity index (χ2n) is 7.34. The van der Waals surface area contributed by atoms with Gasteiger partial charge < -0.3 is 14.8 Å². The first kappa shape index (κ1) is 23.5. The van der Waals surface area contributed by atoms with Gasteiger partial charge in [0.25, 0.3) is 11.5 Å². The van der Waals surface area contributed by atoms with Crippen LogP contribution in [0.3, 0.4) is 0 Å². The number of carbonyl (C=O) groups is 1. The van der Waals surface area contributed by atoms with Crippen LogP contribution in [0.25, 0.3) is 17.3 Å². The van der Waals surface area contributed by atoms with Crippen molar-refractivity contribution >= 4 is 34.6 Å². The third-order valence-corrected chi connectivity index (χ3v) is 6.22. The molecule has 0 aliphatic carbocycles. The number of ether oxygens (including phenoxy) is 2. The molecule has 3 aromatic carbocycles. The van der Waals surface area contributed by atoms with Gasteiger partial charge in [0.15, 0.2) is 5.57 Å². The highest BCUT2D eigenvalue weighted by Gasteiger charge is 2.17. The fourth-order valence-corrected chi connectivity index (χ4v) is 4.51. The number of anilines is 1. The Bertz CT molecular complexity index is 1580. The second-order valence-corrected chi connectivity index (χ2v) is 8.37. The average molecular weight is 484 g/mol. The van der Waals surface area contributed by atoms with Crippen LogP contribution < -0.4 is 29.5 Å². The Kier molecular flexibility index (Phi) is 7.10. The molecule has 1 heterocycles. The van der Waals surface area contributed by atoms with E-state index in [-0.39, 0.29) is 15.8 Å². The fraction of sp³-hybridized carbons (Fsp3) is 0.0741. The number of carbonyl (C=O) groups excluding carboxylic acids is 1. The van der Waals surface area contributed by atoms with Gasteiger partial charge in [-0.25, -0.2) is 0 Å². The van der Waals surface area contributed by atoms with Gasteiger partial charge in [0.05, 0.1) is 24.4 Å². The topological polar surface area (TPSA) is 93.3 Å². The first-order valence-corrected chi connectivity index (χ1v) is 11.4. The quantitative estimate of drug-likeness (QED) is 0.455. The van der Waals surface area contributed by atoms with E-state index in [1.54, 1.807) is 73.8 Å². The molecule has 174 valence electrons. The second kappa shape index (κ2) is 10.5. The van der Waals surface area contributed by atoms with Gasteiger partial charge in [0.1, 0.15) is 22.2 Å². The van der Waals surface area contributed by atoms with Crippen molar-refractivity contribution in [2.75, 3.05) is 19.5 Å². The summed E-state index contributed by atoms with van der Waals surface area (Å²) in [5.74, 6) is 0.641. The van der Waals surface area contributed by atoms with E-state index < -0.39 is 5.91 Å². The van der Waals surface area contributed by atoms with E-state index in [2.05, 4.69) is 5.32 Å². The molecule has 0 spiro atoms. The first-order chi connectivity index (χ1) is 17.0. The van der Waals surface area contributed by atoms with Gasteiger partial charge in [-0.3, -0.25) is 14.2 Å². The molecule has 0 aliphatic rings. The van der Waals surface area contributed by atoms with Crippen LogP contribution in [0.4, 0.5) is 5.69 Å². The third-order valence-electron chi connectivity index (χ3n) is 5.13. The number of benzene rings is 3. The molecule has 35 heavy (non-hydrogen) atoms. The van der Waals surface area contributed by atoms with Crippen LogP contribution >= 0.6 is 11.3 Å². The van der Waals surface area contributed by atoms with Gasteiger partial charge in [-0.2, -0.15) is 5.26 Å². The van der Waals surface area contributed by atoms with Crippen molar-refractivity contribution in [2.45, 2.75) is 0 Å². The van der Waals surface area contributed by atoms with Crippen molar-refractivity contribution in [3.8, 4) is 23.3 Å². The minimum atomic E-state index is -0.623. The standard InChI is InChI=1S/C27H21N3O4S/c1-33-21-13-11-18(12-14-21)15-24-26(32)30(20-8-4-3-5-9-20)27(35-24)23(17-28)25(31)29-19-7-6-10-22(16-19)34-2/h3-16H,1-2H3,(H,29,31)/b24-15+,27-23-. The molecule has 0 radical (unpaired) electrons. The van der Waals surface area contributed by atoms with Crippen molar-refractivity contribution in [1.82, 2.24) is 4.57 Å². The zero-order valence-electron chi connectivity index (χ0n) is 19.0. The Hall–Kier alpha value is -4.61. The summed E-state index contributed by atoms with van der Waals surface area (Å²) in [6.07, 6.45) is 1.73. The minimum Gasteiger partial charge on any atom is -0.497 e. The monoisotopic (exact) mass is 483 g/mol. The zero-order chi connectivity index (χ0) is 24.8. The summed E-state index contributed by atoms with van der Waals surface area (Å²) in [4.78, 5) is 26.6. The van der Waals surface area contributed by atoms with Gasteiger partial charge in [0, 0.05) is 11.8 Å². The number of thiazole rings is 1. The number of nitriles is 1. The smallest absolute Gasteiger partial charge is 0.273 e. The summed E-state index contributed by atoms with van der Waals surface area (Å²) >= 11 is 1.08. The van der Waals surface area contributed by atoms with Crippen molar-refractivity contribution < 1.29 is 14.3 Å². The maximum Gasteiger partial charge on any atom is 0.273 e. The zero-order valence-corrected chi connectivity index (χ0v) is 19.8. The van der Waals surface area contributed by atoms with Crippen LogP contribution in [-0.4, -0.2) is 24.7 Å². The molecule has 1 aromatic heterocycles. The number of rotatable bonds is 6. The summed E-state index contributed by atoms with van der Waals surface area (Å²) in [7, 11) is 3.11. The maximum atomic E-state index is 13.4. The van der Waals surface area contributed by atoms with Crippen LogP contribution in [-0.2, 0) is 4.79 Å². The normalized spacial score (nSPS) is 12.0. The summed E-state index contributed by atoms with van der Waals surface area (Å²) in [6.45, 7) is 0. The minimum absolute atomic E-state index is 0.173. The van der Waals surface area contributed by atoms with Gasteiger partial charge in [-0.1, -0.05) is 36.4 Å². The molecule has 0 bridgehead atoms. The molecule has 0 unspecified atom stereocenters. The summed E-state index contributed by atoms with van der Waals surface area (Å²) < 4.78 is 12.4. The molecule has 1 N–H and O–H groups in total. The lowest BCUT2D eigenvalue weighted by atomic mass is 10.2. The third kappa shape index (κ3) is 5.16. The largest absolute Gasteiger partial charge is 0.497 e. The molecule has 1 amide bonds. The molecule has 7 nitrogen and oxygen atoms in total. The number of amides is 1. The Morgan fingerprint density at radius 3 is 2.34 bits per heavy atom. The molecule has 0 saturated heterocycles. The molecule has 4 rings (SSSR count). The van der Waals surface area contributed by atoms with Gasteiger partial charge in [-0.15, -0.1) is 11.3 Å². The predicted molar refractivity (Wildman–Crippen MR) is 136 cm³/mol. The van der Waals surface area contributed by atoms with Crippen LogP contribution in [0.15, 0.2) is 83.7 Å². The van der Waals surface area contributed by atoms with Crippen molar-refractivity contribution in [2.24, 2.45) is 0 Å². The number of aromatic nitrogens is 1. The van der Waals surface area contributed by atoms with Gasteiger partial charge >= 0.3 is 0 Å². The molecule has 8 heteroatoms. The highest BCUT2D eigenvalue weighted by atomic mass is 32.1. The molecular formula is C27H21N3O4S. The van der Waals surface area contributed by atoms with E-state index >= 15 is 0 Å². The van der Waals surface area contributed by atoms with Crippen molar-refractivity contribution in [3.05, 3.63) is 104 Å². The Morgan fingerprint density at radius 1 is 0.971 bits per heavy atom. The van der Waals surface area contributed by atoms with Crippen molar-refractivity contribution in [3.63, 3.8) is 0 Å². The van der Waals surface area contributed by atoms with E-state index in [9.17, 15) is 14.9 Å². The van der Waals surface area contributed by atoms with Crippen LogP contribution in [0.1, 0.15) is 5.56 Å². The van der Waals surface area contributed by atoms with E-state index in [1.165, 1.54) is 11.7 Å². The van der Waals surface area contributed by atoms with E-state index in [1.807, 2.05) is 24.3 Å². The number of hydrogen-bond donors (Lipinski definition) is 1. The Labute approximate surface area is 205 Å². The number of nitrogens with zero attached hydrogens (tertiary/aromatic N) is 2. The lowest BCUT2D eigenvalue weighted by Crippen LogP contribution is -2.32. The highest BCUT2D eigenvalue weighted by molar-refractivity contribution is 7.07. The molecule has 0 atom stereocenters. The predicted octanol–water partition coefficient (Wildman–Crippen LogP) is 3.06. The number of nitrogens with one attached hydrogen (secondary N) is 1. The SMILES string of the molecule is COc1ccc(/C=c2/s/c(=C(/C#N)C(=O)Nc3cccc(OC)c3)n(-c3ccccc3)c2=O)cc1. The van der Waals surface area contributed by atoms with Gasteiger partial charge in [-0.05, 0) is 48.0 Å². The summed E-state index contributed by atoms with van der Waals surface area (Å²) in [5.41, 5.74) is 1.31. The number of hydrogen-bond acceptors (Lipinski definition) is 6. The molecule has 0 aliphatic heterocycles. The first-order valence-electron chi connectivity index (χ1n) is 10.6. The molecular weight excluding hydrogens is 462 g/mol. The summed E-state index contributed by atoms with van der Waals surface area (Å²) in [6, 6.07) is 25.0. The summed E-state index contributed by atoms with van der Waals surface area (Å²) in [5, 5.41) is 12.7. The Morgan fingerprint density at radius 2 is 1.69 bits per heavy atom. The van der Waals surface area contributed by atoms with Gasteiger partial charge in [0.2, 0.25) is 0 Å². The van der Waals surface area contributed by atoms with E-state index in [0.717, 1.165) is 16.9 Å². The lowest BCUT2D eigenvalue weighted by Gasteiger charge is -2.07. The number of methoxy groups -OCH3 is 2. The van der Waals surface area contributed by atoms with Crippen LogP contribution in [0.5, 0.6) is 11.5 Å². The molecule has 0 saturated carbocycles. The van der Waals surface area contributed by atoms with Crippen molar-refractivity contribution in [1.29, 1.82) is 5.26 Å².